The van der Waals surface area contributed by atoms with E-state index in [1.54, 1.807) is 12.1 Å². The largest absolute Gasteiger partial charge is 0.298 e. The van der Waals surface area contributed by atoms with Crippen LogP contribution >= 0.6 is 0 Å². The van der Waals surface area contributed by atoms with Crippen molar-refractivity contribution in [3.8, 4) is 0 Å². The van der Waals surface area contributed by atoms with Crippen molar-refractivity contribution in [1.29, 1.82) is 0 Å². The van der Waals surface area contributed by atoms with Gasteiger partial charge in [-0.05, 0) is 48.6 Å². The predicted molar refractivity (Wildman–Crippen MR) is 93.2 cm³/mol. The van der Waals surface area contributed by atoms with Crippen molar-refractivity contribution >= 4 is 9.84 Å². The predicted octanol–water partition coefficient (Wildman–Crippen LogP) is 3.47. The zero-order valence-corrected chi connectivity index (χ0v) is 14.3. The summed E-state index contributed by atoms with van der Waals surface area (Å²) in [6.07, 6.45) is 3.70. The van der Waals surface area contributed by atoms with Gasteiger partial charge in [-0.25, -0.2) is 8.42 Å². The number of nitrogens with zero attached hydrogens (tertiary/aromatic N) is 1. The quantitative estimate of drug-likeness (QED) is 0.862. The van der Waals surface area contributed by atoms with Gasteiger partial charge in [0.15, 0.2) is 9.84 Å². The number of hydrogen-bond acceptors (Lipinski definition) is 3. The van der Waals surface area contributed by atoms with Crippen LogP contribution in [-0.2, 0) is 16.4 Å². The van der Waals surface area contributed by atoms with Gasteiger partial charge < -0.3 is 0 Å². The zero-order valence-electron chi connectivity index (χ0n) is 13.5. The summed E-state index contributed by atoms with van der Waals surface area (Å²) in [5.74, 6) is 0.597. The third kappa shape index (κ3) is 4.21. The number of sulfone groups is 1. The average molecular weight is 329 g/mol. The van der Waals surface area contributed by atoms with Gasteiger partial charge >= 0.3 is 0 Å². The molecule has 23 heavy (non-hydrogen) atoms. The normalized spacial score (nSPS) is 19.6. The van der Waals surface area contributed by atoms with Crippen molar-refractivity contribution in [1.82, 2.24) is 4.90 Å². The maximum Gasteiger partial charge on any atom is 0.175 e. The fourth-order valence-electron chi connectivity index (χ4n) is 3.30. The van der Waals surface area contributed by atoms with E-state index in [1.807, 2.05) is 12.1 Å². The van der Waals surface area contributed by atoms with E-state index in [0.717, 1.165) is 19.6 Å². The molecule has 0 aliphatic carbocycles. The molecule has 0 saturated carbocycles. The number of benzene rings is 2. The summed E-state index contributed by atoms with van der Waals surface area (Å²) in [5, 5.41) is 0. The smallest absolute Gasteiger partial charge is 0.175 e. The second-order valence-electron chi connectivity index (χ2n) is 6.40. The van der Waals surface area contributed by atoms with Crippen molar-refractivity contribution in [3.63, 3.8) is 0 Å². The lowest BCUT2D eigenvalue weighted by molar-refractivity contribution is 0.200. The second-order valence-corrected chi connectivity index (χ2v) is 8.42. The van der Waals surface area contributed by atoms with Crippen LogP contribution in [0.15, 0.2) is 59.5 Å². The highest BCUT2D eigenvalue weighted by molar-refractivity contribution is 7.90. The topological polar surface area (TPSA) is 37.4 Å². The van der Waals surface area contributed by atoms with Gasteiger partial charge in [-0.15, -0.1) is 0 Å². The lowest BCUT2D eigenvalue weighted by atomic mass is 9.90. The van der Waals surface area contributed by atoms with Crippen molar-refractivity contribution in [2.24, 2.45) is 0 Å². The maximum atomic E-state index is 11.5. The highest BCUT2D eigenvalue weighted by Crippen LogP contribution is 2.27. The van der Waals surface area contributed by atoms with E-state index >= 15 is 0 Å². The van der Waals surface area contributed by atoms with Gasteiger partial charge in [0.2, 0.25) is 0 Å². The van der Waals surface area contributed by atoms with E-state index in [9.17, 15) is 8.42 Å². The first kappa shape index (κ1) is 16.2. The maximum absolute atomic E-state index is 11.5. The van der Waals surface area contributed by atoms with Crippen molar-refractivity contribution < 1.29 is 8.42 Å². The summed E-state index contributed by atoms with van der Waals surface area (Å²) in [5.41, 5.74) is 2.59. The Morgan fingerprint density at radius 3 is 2.39 bits per heavy atom. The molecule has 3 rings (SSSR count). The third-order valence-corrected chi connectivity index (χ3v) is 5.66. The Balaban J connectivity index is 1.66. The molecule has 1 heterocycles. The van der Waals surface area contributed by atoms with E-state index in [0.29, 0.717) is 10.8 Å². The first-order valence-corrected chi connectivity index (χ1v) is 9.98. The lowest BCUT2D eigenvalue weighted by Gasteiger charge is -2.33. The molecule has 0 amide bonds. The van der Waals surface area contributed by atoms with Crippen LogP contribution < -0.4 is 0 Å². The van der Waals surface area contributed by atoms with Crippen LogP contribution in [0.25, 0.3) is 0 Å². The monoisotopic (exact) mass is 329 g/mol. The van der Waals surface area contributed by atoms with Gasteiger partial charge in [-0.1, -0.05) is 42.5 Å². The number of likely N-dealkylation sites (tertiary alicyclic amines) is 1. The van der Waals surface area contributed by atoms with Gasteiger partial charge in [0.05, 0.1) is 4.90 Å². The Hall–Kier alpha value is -1.65. The Kier molecular flexibility index (Phi) is 4.83. The molecule has 0 bridgehead atoms. The van der Waals surface area contributed by atoms with Crippen molar-refractivity contribution in [2.45, 2.75) is 30.2 Å². The molecule has 0 radical (unpaired) electrons. The highest BCUT2D eigenvalue weighted by atomic mass is 32.2. The molecule has 0 spiro atoms. The van der Waals surface area contributed by atoms with Gasteiger partial charge in [0.25, 0.3) is 0 Å². The van der Waals surface area contributed by atoms with Crippen LogP contribution in [0.2, 0.25) is 0 Å². The molecular weight excluding hydrogens is 306 g/mol. The van der Waals surface area contributed by atoms with Gasteiger partial charge in [0.1, 0.15) is 0 Å². The number of rotatable bonds is 4. The molecule has 1 unspecified atom stereocenters. The first-order valence-electron chi connectivity index (χ1n) is 8.09. The van der Waals surface area contributed by atoms with Crippen LogP contribution in [0.4, 0.5) is 0 Å². The SMILES string of the molecule is CS(=O)(=O)c1ccc(CN2CCCC(c3ccccc3)C2)cc1. The van der Waals surface area contributed by atoms with Crippen molar-refractivity contribution in [2.75, 3.05) is 19.3 Å². The molecular formula is C19H23NO2S. The molecule has 4 heteroatoms. The minimum atomic E-state index is -3.11. The van der Waals surface area contributed by atoms with E-state index in [1.165, 1.54) is 30.2 Å². The van der Waals surface area contributed by atoms with E-state index in [4.69, 9.17) is 0 Å². The Labute approximate surface area is 138 Å². The van der Waals surface area contributed by atoms with E-state index in [-0.39, 0.29) is 0 Å². The Morgan fingerprint density at radius 1 is 1.04 bits per heavy atom. The second kappa shape index (κ2) is 6.85. The summed E-state index contributed by atoms with van der Waals surface area (Å²) < 4.78 is 23.0. The van der Waals surface area contributed by atoms with Crippen LogP contribution in [0.5, 0.6) is 0 Å². The number of piperidine rings is 1. The highest BCUT2D eigenvalue weighted by Gasteiger charge is 2.21. The molecule has 1 saturated heterocycles. The summed E-state index contributed by atoms with van der Waals surface area (Å²) in [6.45, 7) is 3.06. The molecule has 1 aliphatic rings. The molecule has 1 fully saturated rings. The molecule has 1 aliphatic heterocycles. The molecule has 122 valence electrons. The van der Waals surface area contributed by atoms with Gasteiger partial charge in [-0.3, -0.25) is 4.90 Å². The van der Waals surface area contributed by atoms with Crippen LogP contribution in [0, 0.1) is 0 Å². The van der Waals surface area contributed by atoms with Crippen LogP contribution in [-0.4, -0.2) is 32.7 Å². The fraction of sp³-hybridized carbons (Fsp3) is 0.368. The first-order chi connectivity index (χ1) is 11.0. The molecule has 2 aromatic rings. The minimum Gasteiger partial charge on any atom is -0.298 e. The third-order valence-electron chi connectivity index (χ3n) is 4.53. The summed E-state index contributed by atoms with van der Waals surface area (Å²) in [6, 6.07) is 18.0. The van der Waals surface area contributed by atoms with Crippen LogP contribution in [0.3, 0.4) is 0 Å². The molecule has 1 atom stereocenters. The lowest BCUT2D eigenvalue weighted by Crippen LogP contribution is -2.33. The summed E-state index contributed by atoms with van der Waals surface area (Å²) in [4.78, 5) is 2.86. The standard InChI is InChI=1S/C19H23NO2S/c1-23(21,22)19-11-9-16(10-12-19)14-20-13-5-8-18(15-20)17-6-3-2-4-7-17/h2-4,6-7,9-12,18H,5,8,13-15H2,1H3. The fourth-order valence-corrected chi connectivity index (χ4v) is 3.93. The van der Waals surface area contributed by atoms with Crippen molar-refractivity contribution in [3.05, 3.63) is 65.7 Å². The summed E-state index contributed by atoms with van der Waals surface area (Å²) >= 11 is 0. The Bertz CT molecular complexity index is 739. The minimum absolute atomic E-state index is 0.391. The van der Waals surface area contributed by atoms with Gasteiger partial charge in [0, 0.05) is 19.3 Å². The molecule has 0 N–H and O–H groups in total. The molecule has 3 nitrogen and oxygen atoms in total. The van der Waals surface area contributed by atoms with Gasteiger partial charge in [-0.2, -0.15) is 0 Å². The molecule has 0 aromatic heterocycles. The molecule has 2 aromatic carbocycles. The Morgan fingerprint density at radius 2 is 1.74 bits per heavy atom. The number of hydrogen-bond donors (Lipinski definition) is 0. The average Bonchev–Trinajstić information content (AvgIpc) is 2.56. The van der Waals surface area contributed by atoms with E-state index in [2.05, 4.69) is 35.2 Å². The summed E-state index contributed by atoms with van der Waals surface area (Å²) in [7, 11) is -3.11. The van der Waals surface area contributed by atoms with E-state index < -0.39 is 9.84 Å². The van der Waals surface area contributed by atoms with Crippen LogP contribution in [0.1, 0.15) is 29.9 Å². The zero-order chi connectivity index (χ0) is 16.3.